The minimum atomic E-state index is 0.203. The van der Waals surface area contributed by atoms with Crippen molar-refractivity contribution in [1.29, 1.82) is 0 Å². The Morgan fingerprint density at radius 1 is 1.29 bits per heavy atom. The van der Waals surface area contributed by atoms with E-state index in [1.54, 1.807) is 0 Å². The molecule has 0 atom stereocenters. The molecule has 24 heavy (non-hydrogen) atoms. The Kier molecular flexibility index (Phi) is 7.18. The summed E-state index contributed by atoms with van der Waals surface area (Å²) in [5.41, 5.74) is 5.69. The number of benzene rings is 1. The number of nitrogens with zero attached hydrogens (tertiary/aromatic N) is 2. The molecule has 1 saturated heterocycles. The predicted molar refractivity (Wildman–Crippen MR) is 104 cm³/mol. The molecule has 130 valence electrons. The van der Waals surface area contributed by atoms with Crippen molar-refractivity contribution in [1.82, 2.24) is 10.7 Å². The highest BCUT2D eigenvalue weighted by Crippen LogP contribution is 2.21. The van der Waals surface area contributed by atoms with Gasteiger partial charge in [-0.2, -0.15) is 5.10 Å². The minimum absolute atomic E-state index is 0.203. The molecule has 1 aromatic rings. The molecule has 0 aliphatic carbocycles. The molecule has 1 aliphatic heterocycles. The second-order valence-corrected chi connectivity index (χ2v) is 6.38. The summed E-state index contributed by atoms with van der Waals surface area (Å²) in [6.45, 7) is 5.79. The fourth-order valence-electron chi connectivity index (χ4n) is 2.62. The predicted octanol–water partition coefficient (Wildman–Crippen LogP) is 3.19. The van der Waals surface area contributed by atoms with Gasteiger partial charge in [-0.1, -0.05) is 31.9 Å². The zero-order chi connectivity index (χ0) is 17.4. The zero-order valence-electron chi connectivity index (χ0n) is 14.5. The van der Waals surface area contributed by atoms with Crippen LogP contribution in [0.2, 0.25) is 0 Å². The van der Waals surface area contributed by atoms with Crippen LogP contribution in [0.15, 0.2) is 29.4 Å². The number of thiocarbonyl (C=S) groups is 1. The number of hydrogen-bond acceptors (Lipinski definition) is 3. The zero-order valence-corrected chi connectivity index (χ0v) is 15.3. The molecule has 2 N–H and O–H groups in total. The van der Waals surface area contributed by atoms with Crippen molar-refractivity contribution in [3.63, 3.8) is 0 Å². The van der Waals surface area contributed by atoms with Crippen LogP contribution in [0.4, 0.5) is 5.69 Å². The molecule has 0 radical (unpaired) electrons. The van der Waals surface area contributed by atoms with Gasteiger partial charge in [0.1, 0.15) is 0 Å². The molecule has 1 fully saturated rings. The first-order valence-electron chi connectivity index (χ1n) is 8.60. The first-order valence-corrected chi connectivity index (χ1v) is 9.01. The van der Waals surface area contributed by atoms with E-state index in [-0.39, 0.29) is 5.91 Å². The molecule has 0 saturated carbocycles. The van der Waals surface area contributed by atoms with Gasteiger partial charge in [-0.05, 0) is 49.7 Å². The third kappa shape index (κ3) is 5.30. The number of carbonyl (C=O) groups excluding carboxylic acids is 1. The van der Waals surface area contributed by atoms with Gasteiger partial charge in [-0.15, -0.1) is 0 Å². The van der Waals surface area contributed by atoms with Crippen LogP contribution in [0.25, 0.3) is 0 Å². The summed E-state index contributed by atoms with van der Waals surface area (Å²) in [5, 5.41) is 8.01. The molecular formula is C18H26N4OS. The smallest absolute Gasteiger partial charge is 0.227 e. The molecule has 0 unspecified atom stereocenters. The van der Waals surface area contributed by atoms with Gasteiger partial charge in [0.05, 0.1) is 5.71 Å². The lowest BCUT2D eigenvalue weighted by Gasteiger charge is -2.16. The Bertz CT molecular complexity index is 598. The fraction of sp³-hybridized carbons (Fsp3) is 0.500. The molecule has 1 heterocycles. The SMILES string of the molecule is CCCCCNC(=S)N/N=C(/C)c1ccc(N2CCCC2=O)cc1. The van der Waals surface area contributed by atoms with Crippen molar-refractivity contribution in [2.45, 2.75) is 46.0 Å². The van der Waals surface area contributed by atoms with Crippen LogP contribution in [0, 0.1) is 0 Å². The summed E-state index contributed by atoms with van der Waals surface area (Å²) < 4.78 is 0. The van der Waals surface area contributed by atoms with E-state index >= 15 is 0 Å². The lowest BCUT2D eigenvalue weighted by molar-refractivity contribution is -0.117. The minimum Gasteiger partial charge on any atom is -0.361 e. The molecule has 0 bridgehead atoms. The van der Waals surface area contributed by atoms with Crippen LogP contribution in [0.1, 0.15) is 51.5 Å². The Balaban J connectivity index is 1.86. The Morgan fingerprint density at radius 3 is 2.67 bits per heavy atom. The monoisotopic (exact) mass is 346 g/mol. The number of anilines is 1. The maximum Gasteiger partial charge on any atom is 0.227 e. The average Bonchev–Trinajstić information content (AvgIpc) is 3.03. The number of unbranched alkanes of at least 4 members (excludes halogenated alkanes) is 2. The number of amides is 1. The molecule has 0 aromatic heterocycles. The van der Waals surface area contributed by atoms with Gasteiger partial charge in [-0.3, -0.25) is 10.2 Å². The largest absolute Gasteiger partial charge is 0.361 e. The lowest BCUT2D eigenvalue weighted by atomic mass is 10.1. The summed E-state index contributed by atoms with van der Waals surface area (Å²) in [6, 6.07) is 7.91. The number of carbonyl (C=O) groups is 1. The first-order chi connectivity index (χ1) is 11.6. The second kappa shape index (κ2) is 9.37. The van der Waals surface area contributed by atoms with Crippen molar-refractivity contribution in [3.05, 3.63) is 29.8 Å². The van der Waals surface area contributed by atoms with E-state index < -0.39 is 0 Å². The fourth-order valence-corrected chi connectivity index (χ4v) is 2.77. The highest BCUT2D eigenvalue weighted by molar-refractivity contribution is 7.80. The maximum absolute atomic E-state index is 11.8. The molecule has 1 aromatic carbocycles. The number of rotatable bonds is 7. The first kappa shape index (κ1) is 18.4. The summed E-state index contributed by atoms with van der Waals surface area (Å²) in [7, 11) is 0. The Labute approximate surface area is 149 Å². The van der Waals surface area contributed by atoms with Gasteiger partial charge in [-0.25, -0.2) is 0 Å². The van der Waals surface area contributed by atoms with Crippen LogP contribution >= 0.6 is 12.2 Å². The highest BCUT2D eigenvalue weighted by atomic mass is 32.1. The van der Waals surface area contributed by atoms with E-state index in [9.17, 15) is 4.79 Å². The van der Waals surface area contributed by atoms with Crippen molar-refractivity contribution in [3.8, 4) is 0 Å². The maximum atomic E-state index is 11.8. The number of hydrazone groups is 1. The average molecular weight is 347 g/mol. The highest BCUT2D eigenvalue weighted by Gasteiger charge is 2.21. The molecule has 1 amide bonds. The molecular weight excluding hydrogens is 320 g/mol. The van der Waals surface area contributed by atoms with Crippen molar-refractivity contribution in [2.75, 3.05) is 18.0 Å². The van der Waals surface area contributed by atoms with Gasteiger partial charge >= 0.3 is 0 Å². The van der Waals surface area contributed by atoms with Gasteiger partial charge < -0.3 is 10.2 Å². The van der Waals surface area contributed by atoms with Gasteiger partial charge in [0.15, 0.2) is 5.11 Å². The van der Waals surface area contributed by atoms with E-state index in [1.807, 2.05) is 36.1 Å². The van der Waals surface area contributed by atoms with Crippen LogP contribution in [0.3, 0.4) is 0 Å². The number of hydrogen-bond donors (Lipinski definition) is 2. The molecule has 2 rings (SSSR count). The third-order valence-corrected chi connectivity index (χ3v) is 4.30. The van der Waals surface area contributed by atoms with E-state index in [0.717, 1.165) is 42.9 Å². The number of nitrogens with one attached hydrogen (secondary N) is 2. The quantitative estimate of drug-likeness (QED) is 0.345. The summed E-state index contributed by atoms with van der Waals surface area (Å²) in [6.07, 6.45) is 5.09. The second-order valence-electron chi connectivity index (χ2n) is 5.97. The van der Waals surface area contributed by atoms with Crippen LogP contribution < -0.4 is 15.6 Å². The lowest BCUT2D eigenvalue weighted by Crippen LogP contribution is -2.33. The van der Waals surface area contributed by atoms with E-state index in [4.69, 9.17) is 12.2 Å². The van der Waals surface area contributed by atoms with Crippen LogP contribution in [0.5, 0.6) is 0 Å². The van der Waals surface area contributed by atoms with Crippen LogP contribution in [-0.2, 0) is 4.79 Å². The van der Waals surface area contributed by atoms with E-state index in [2.05, 4.69) is 22.8 Å². The summed E-state index contributed by atoms with van der Waals surface area (Å²) in [4.78, 5) is 13.6. The molecule has 5 nitrogen and oxygen atoms in total. The van der Waals surface area contributed by atoms with Gasteiger partial charge in [0.25, 0.3) is 0 Å². The van der Waals surface area contributed by atoms with Crippen molar-refractivity contribution >= 4 is 34.6 Å². The normalized spacial score (nSPS) is 14.8. The molecule has 0 spiro atoms. The molecule has 6 heteroatoms. The standard InChI is InChI=1S/C18H26N4OS/c1-3-4-5-12-19-18(24)21-20-14(2)15-8-10-16(11-9-15)22-13-6-7-17(22)23/h8-11H,3-7,12-13H2,1-2H3,(H2,19,21,24)/b20-14-. The van der Waals surface area contributed by atoms with E-state index in [0.29, 0.717) is 11.5 Å². The third-order valence-electron chi connectivity index (χ3n) is 4.06. The summed E-state index contributed by atoms with van der Waals surface area (Å²) in [5.74, 6) is 0.203. The summed E-state index contributed by atoms with van der Waals surface area (Å²) >= 11 is 5.20. The van der Waals surface area contributed by atoms with Gasteiger partial charge in [0.2, 0.25) is 5.91 Å². The van der Waals surface area contributed by atoms with Gasteiger partial charge in [0, 0.05) is 25.2 Å². The van der Waals surface area contributed by atoms with E-state index in [1.165, 1.54) is 12.8 Å². The Morgan fingerprint density at radius 2 is 2.04 bits per heavy atom. The van der Waals surface area contributed by atoms with Crippen molar-refractivity contribution in [2.24, 2.45) is 5.10 Å². The van der Waals surface area contributed by atoms with Crippen LogP contribution in [-0.4, -0.2) is 29.8 Å². The van der Waals surface area contributed by atoms with Crippen molar-refractivity contribution < 1.29 is 4.79 Å². The molecule has 1 aliphatic rings. The topological polar surface area (TPSA) is 56.7 Å². The Hall–Kier alpha value is -1.95.